The summed E-state index contributed by atoms with van der Waals surface area (Å²) in [7, 11) is 0. The monoisotopic (exact) mass is 271 g/mol. The Morgan fingerprint density at radius 1 is 1.53 bits per heavy atom. The first kappa shape index (κ1) is 10.2. The topological polar surface area (TPSA) is 84.1 Å². The van der Waals surface area contributed by atoms with Gasteiger partial charge in [-0.05, 0) is 15.9 Å². The molecule has 2 rings (SSSR count). The average molecular weight is 272 g/mol. The summed E-state index contributed by atoms with van der Waals surface area (Å²) in [5.41, 5.74) is 5.64. The van der Waals surface area contributed by atoms with Crippen molar-refractivity contribution in [2.24, 2.45) is 0 Å². The number of nitrogen functional groups attached to an aromatic ring is 1. The maximum Gasteiger partial charge on any atom is 0.239 e. The highest BCUT2D eigenvalue weighted by Crippen LogP contribution is 2.27. The molecule has 0 bridgehead atoms. The molecule has 0 unspecified atom stereocenters. The van der Waals surface area contributed by atoms with Crippen LogP contribution in [0.1, 0.15) is 0 Å². The van der Waals surface area contributed by atoms with Crippen LogP contribution < -0.4 is 16.0 Å². The Balaban J connectivity index is 2.28. The predicted octanol–water partition coefficient (Wildman–Crippen LogP) is -0.243. The van der Waals surface area contributed by atoms with Crippen LogP contribution in [0.5, 0.6) is 0 Å². The van der Waals surface area contributed by atoms with Crippen LogP contribution in [0.3, 0.4) is 0 Å². The van der Waals surface area contributed by atoms with Crippen LogP contribution in [0, 0.1) is 0 Å². The van der Waals surface area contributed by atoms with E-state index in [1.807, 2.05) is 4.90 Å². The predicted molar refractivity (Wildman–Crippen MR) is 59.4 cm³/mol. The van der Waals surface area contributed by atoms with Crippen LogP contribution in [0.2, 0.25) is 0 Å². The number of anilines is 2. The molecule has 1 aliphatic heterocycles. The number of nitrogens with one attached hydrogen (secondary N) is 1. The number of nitrogens with two attached hydrogens (primary N) is 1. The molecule has 0 aromatic carbocycles. The fourth-order valence-electron chi connectivity index (χ4n) is 1.41. The molecule has 1 fully saturated rings. The van der Waals surface area contributed by atoms with Crippen LogP contribution in [-0.4, -0.2) is 35.5 Å². The minimum atomic E-state index is -0.00895. The first-order chi connectivity index (χ1) is 7.18. The van der Waals surface area contributed by atoms with Gasteiger partial charge in [-0.25, -0.2) is 9.97 Å². The molecule has 1 aliphatic rings. The summed E-state index contributed by atoms with van der Waals surface area (Å²) in [5, 5.41) is 2.75. The number of hydrogen-bond acceptors (Lipinski definition) is 5. The summed E-state index contributed by atoms with van der Waals surface area (Å²) in [6.07, 6.45) is 1.39. The van der Waals surface area contributed by atoms with Crippen molar-refractivity contribution in [2.75, 3.05) is 30.3 Å². The largest absolute Gasteiger partial charge is 0.383 e. The van der Waals surface area contributed by atoms with E-state index in [1.54, 1.807) is 0 Å². The second-order valence-electron chi connectivity index (χ2n) is 3.17. The van der Waals surface area contributed by atoms with Crippen LogP contribution in [0.15, 0.2) is 10.8 Å². The summed E-state index contributed by atoms with van der Waals surface area (Å²) in [6.45, 7) is 1.64. The van der Waals surface area contributed by atoms with Gasteiger partial charge in [0.2, 0.25) is 5.91 Å². The van der Waals surface area contributed by atoms with Crippen molar-refractivity contribution in [3.8, 4) is 0 Å². The normalized spacial score (nSPS) is 16.3. The van der Waals surface area contributed by atoms with Gasteiger partial charge in [-0.15, -0.1) is 0 Å². The van der Waals surface area contributed by atoms with Gasteiger partial charge in [-0.3, -0.25) is 4.79 Å². The first-order valence-corrected chi connectivity index (χ1v) is 5.25. The van der Waals surface area contributed by atoms with E-state index < -0.39 is 0 Å². The Kier molecular flexibility index (Phi) is 2.72. The van der Waals surface area contributed by atoms with E-state index in [0.29, 0.717) is 29.2 Å². The fourth-order valence-corrected chi connectivity index (χ4v) is 1.87. The van der Waals surface area contributed by atoms with Crippen molar-refractivity contribution in [2.45, 2.75) is 0 Å². The van der Waals surface area contributed by atoms with Crippen LogP contribution in [0.4, 0.5) is 11.6 Å². The van der Waals surface area contributed by atoms with Crippen molar-refractivity contribution in [1.29, 1.82) is 0 Å². The van der Waals surface area contributed by atoms with E-state index in [9.17, 15) is 4.79 Å². The maximum absolute atomic E-state index is 11.2. The van der Waals surface area contributed by atoms with Gasteiger partial charge < -0.3 is 16.0 Å². The van der Waals surface area contributed by atoms with E-state index in [1.165, 1.54) is 6.33 Å². The average Bonchev–Trinajstić information content (AvgIpc) is 2.22. The minimum absolute atomic E-state index is 0.00895. The third-order valence-electron chi connectivity index (χ3n) is 2.14. The molecule has 1 aromatic rings. The molecule has 7 heteroatoms. The molecule has 1 aromatic heterocycles. The summed E-state index contributed by atoms with van der Waals surface area (Å²) in [4.78, 5) is 21.0. The molecule has 15 heavy (non-hydrogen) atoms. The number of amides is 1. The number of carbonyl (C=O) groups excluding carboxylic acids is 1. The lowest BCUT2D eigenvalue weighted by Gasteiger charge is -2.28. The van der Waals surface area contributed by atoms with Gasteiger partial charge in [-0.2, -0.15) is 0 Å². The van der Waals surface area contributed by atoms with Crippen molar-refractivity contribution in [1.82, 2.24) is 15.3 Å². The molecule has 0 atom stereocenters. The highest BCUT2D eigenvalue weighted by Gasteiger charge is 2.20. The van der Waals surface area contributed by atoms with Crippen molar-refractivity contribution in [3.63, 3.8) is 0 Å². The zero-order valence-electron chi connectivity index (χ0n) is 7.90. The molecule has 1 amide bonds. The van der Waals surface area contributed by atoms with Gasteiger partial charge in [0, 0.05) is 13.1 Å². The zero-order chi connectivity index (χ0) is 10.8. The van der Waals surface area contributed by atoms with Crippen LogP contribution >= 0.6 is 15.9 Å². The molecule has 1 saturated heterocycles. The SMILES string of the molecule is Nc1ncnc(N2CCNC(=O)C2)c1Br. The Bertz CT molecular complexity index is 397. The second-order valence-corrected chi connectivity index (χ2v) is 3.96. The summed E-state index contributed by atoms with van der Waals surface area (Å²) in [5.74, 6) is 1.04. The molecule has 80 valence electrons. The standard InChI is InChI=1S/C8H10BrN5O/c9-6-7(10)12-4-13-8(6)14-2-1-11-5(15)3-14/h4H,1-3H2,(H,11,15)(H2,10,12,13). The highest BCUT2D eigenvalue weighted by molar-refractivity contribution is 9.10. The molecule has 6 nitrogen and oxygen atoms in total. The van der Waals surface area contributed by atoms with Gasteiger partial charge in [0.15, 0.2) is 0 Å². The second kappa shape index (κ2) is 4.01. The van der Waals surface area contributed by atoms with Crippen molar-refractivity contribution >= 4 is 33.5 Å². The molecule has 0 aliphatic carbocycles. The Morgan fingerprint density at radius 2 is 2.33 bits per heavy atom. The van der Waals surface area contributed by atoms with Crippen molar-refractivity contribution < 1.29 is 4.79 Å². The molecule has 0 spiro atoms. The van der Waals surface area contributed by atoms with E-state index in [4.69, 9.17) is 5.73 Å². The number of halogens is 1. The van der Waals surface area contributed by atoms with Crippen molar-refractivity contribution in [3.05, 3.63) is 10.8 Å². The molecular formula is C8H10BrN5O. The van der Waals surface area contributed by atoms with E-state index in [2.05, 4.69) is 31.2 Å². The van der Waals surface area contributed by atoms with Crippen LogP contribution in [-0.2, 0) is 4.79 Å². The van der Waals surface area contributed by atoms with Gasteiger partial charge in [0.25, 0.3) is 0 Å². The van der Waals surface area contributed by atoms with Gasteiger partial charge in [0.1, 0.15) is 22.4 Å². The smallest absolute Gasteiger partial charge is 0.239 e. The van der Waals surface area contributed by atoms with Gasteiger partial charge in [0.05, 0.1) is 6.54 Å². The summed E-state index contributed by atoms with van der Waals surface area (Å²) in [6, 6.07) is 0. The van der Waals surface area contributed by atoms with E-state index in [-0.39, 0.29) is 5.91 Å². The van der Waals surface area contributed by atoms with Crippen LogP contribution in [0.25, 0.3) is 0 Å². The Morgan fingerprint density at radius 3 is 3.07 bits per heavy atom. The Labute approximate surface area is 95.0 Å². The first-order valence-electron chi connectivity index (χ1n) is 4.46. The Hall–Kier alpha value is -1.37. The number of aromatic nitrogens is 2. The number of nitrogens with zero attached hydrogens (tertiary/aromatic N) is 3. The lowest BCUT2D eigenvalue weighted by molar-refractivity contribution is -0.120. The molecule has 2 heterocycles. The number of hydrogen-bond donors (Lipinski definition) is 2. The van der Waals surface area contributed by atoms with Gasteiger partial charge >= 0.3 is 0 Å². The lowest BCUT2D eigenvalue weighted by Crippen LogP contribution is -2.48. The highest BCUT2D eigenvalue weighted by atomic mass is 79.9. The maximum atomic E-state index is 11.2. The molecule has 3 N–H and O–H groups in total. The summed E-state index contributed by atoms with van der Waals surface area (Å²) < 4.78 is 0.639. The molecular weight excluding hydrogens is 262 g/mol. The quantitative estimate of drug-likeness (QED) is 0.737. The number of rotatable bonds is 1. The minimum Gasteiger partial charge on any atom is -0.383 e. The summed E-state index contributed by atoms with van der Waals surface area (Å²) >= 11 is 3.31. The van der Waals surface area contributed by atoms with Gasteiger partial charge in [-0.1, -0.05) is 0 Å². The van der Waals surface area contributed by atoms with E-state index >= 15 is 0 Å². The third-order valence-corrected chi connectivity index (χ3v) is 2.90. The van der Waals surface area contributed by atoms with E-state index in [0.717, 1.165) is 6.54 Å². The third kappa shape index (κ3) is 2.01. The molecule has 0 saturated carbocycles. The lowest BCUT2D eigenvalue weighted by atomic mass is 10.3. The number of carbonyl (C=O) groups is 1. The number of piperazine rings is 1. The zero-order valence-corrected chi connectivity index (χ0v) is 9.49. The fraction of sp³-hybridized carbons (Fsp3) is 0.375. The molecule has 0 radical (unpaired) electrons.